The molecule has 1 aromatic carbocycles. The highest BCUT2D eigenvalue weighted by Gasteiger charge is 2.25. The van der Waals surface area contributed by atoms with E-state index in [1.54, 1.807) is 0 Å². The van der Waals surface area contributed by atoms with E-state index < -0.39 is 0 Å². The van der Waals surface area contributed by atoms with E-state index in [-0.39, 0.29) is 5.97 Å². The van der Waals surface area contributed by atoms with Gasteiger partial charge in [0.05, 0.1) is 12.2 Å². The van der Waals surface area contributed by atoms with Crippen LogP contribution in [0.25, 0.3) is 10.9 Å². The molecule has 0 bridgehead atoms. The van der Waals surface area contributed by atoms with Crippen molar-refractivity contribution in [2.45, 2.75) is 25.7 Å². The van der Waals surface area contributed by atoms with E-state index >= 15 is 0 Å². The van der Waals surface area contributed by atoms with Gasteiger partial charge in [-0.3, -0.25) is 0 Å². The van der Waals surface area contributed by atoms with Gasteiger partial charge in [0.2, 0.25) is 0 Å². The molecule has 3 heteroatoms. The van der Waals surface area contributed by atoms with Gasteiger partial charge in [-0.2, -0.15) is 0 Å². The van der Waals surface area contributed by atoms with Crippen LogP contribution < -0.4 is 0 Å². The van der Waals surface area contributed by atoms with Gasteiger partial charge in [-0.05, 0) is 49.9 Å². The lowest BCUT2D eigenvalue weighted by molar-refractivity contribution is 0.0526. The molecule has 3 rings (SSSR count). The molecule has 3 nitrogen and oxygen atoms in total. The summed E-state index contributed by atoms with van der Waals surface area (Å²) in [6.45, 7) is 2.23. The van der Waals surface area contributed by atoms with Crippen molar-refractivity contribution in [3.8, 4) is 0 Å². The average Bonchev–Trinajstić information content (AvgIpc) is 3.08. The number of aromatic nitrogens is 1. The topological polar surface area (TPSA) is 42.1 Å². The van der Waals surface area contributed by atoms with E-state index in [1.165, 1.54) is 18.5 Å². The van der Waals surface area contributed by atoms with Crippen molar-refractivity contribution < 1.29 is 9.53 Å². The molecule has 17 heavy (non-hydrogen) atoms. The van der Waals surface area contributed by atoms with Gasteiger partial charge < -0.3 is 9.72 Å². The number of aromatic amines is 1. The fourth-order valence-electron chi connectivity index (χ4n) is 2.11. The van der Waals surface area contributed by atoms with Crippen LogP contribution in [0.4, 0.5) is 0 Å². The minimum atomic E-state index is -0.247. The molecule has 1 aliphatic rings. The van der Waals surface area contributed by atoms with Crippen molar-refractivity contribution in [3.05, 3.63) is 35.5 Å². The van der Waals surface area contributed by atoms with E-state index in [1.807, 2.05) is 25.1 Å². The number of esters is 1. The second-order valence-corrected chi connectivity index (χ2v) is 4.52. The third-order valence-corrected chi connectivity index (χ3v) is 3.17. The number of benzene rings is 1. The summed E-state index contributed by atoms with van der Waals surface area (Å²) in [5.74, 6) is 0.456. The molecule has 88 valence electrons. The summed E-state index contributed by atoms with van der Waals surface area (Å²) >= 11 is 0. The molecule has 0 amide bonds. The minimum Gasteiger partial charge on any atom is -0.462 e. The number of fused-ring (bicyclic) bond motifs is 1. The van der Waals surface area contributed by atoms with E-state index in [2.05, 4.69) is 11.1 Å². The number of hydrogen-bond donors (Lipinski definition) is 1. The Morgan fingerprint density at radius 1 is 1.41 bits per heavy atom. The van der Waals surface area contributed by atoms with Gasteiger partial charge in [-0.1, -0.05) is 0 Å². The molecule has 1 saturated carbocycles. The molecule has 0 saturated heterocycles. The molecule has 1 aromatic heterocycles. The molecule has 2 aromatic rings. The van der Waals surface area contributed by atoms with Gasteiger partial charge in [0.15, 0.2) is 0 Å². The van der Waals surface area contributed by atoms with Crippen LogP contribution in [-0.2, 0) is 4.74 Å². The highest BCUT2D eigenvalue weighted by molar-refractivity contribution is 5.94. The minimum absolute atomic E-state index is 0.247. The lowest BCUT2D eigenvalue weighted by Crippen LogP contribution is -2.03. The summed E-state index contributed by atoms with van der Waals surface area (Å²) in [4.78, 5) is 15.0. The van der Waals surface area contributed by atoms with Gasteiger partial charge in [0.25, 0.3) is 0 Å². The maximum atomic E-state index is 11.6. The van der Waals surface area contributed by atoms with Crippen LogP contribution in [-0.4, -0.2) is 17.6 Å². The Hall–Kier alpha value is -1.77. The van der Waals surface area contributed by atoms with Crippen LogP contribution in [0.3, 0.4) is 0 Å². The maximum absolute atomic E-state index is 11.6. The van der Waals surface area contributed by atoms with Crippen LogP contribution >= 0.6 is 0 Å². The van der Waals surface area contributed by atoms with Crippen molar-refractivity contribution in [1.29, 1.82) is 0 Å². The lowest BCUT2D eigenvalue weighted by atomic mass is 10.1. The first kappa shape index (κ1) is 10.4. The maximum Gasteiger partial charge on any atom is 0.338 e. The summed E-state index contributed by atoms with van der Waals surface area (Å²) in [6.07, 6.45) is 2.55. The lowest BCUT2D eigenvalue weighted by Gasteiger charge is -2.00. The van der Waals surface area contributed by atoms with Gasteiger partial charge >= 0.3 is 5.97 Å². The normalized spacial score (nSPS) is 15.1. The second kappa shape index (κ2) is 3.91. The molecular weight excluding hydrogens is 214 g/mol. The van der Waals surface area contributed by atoms with Crippen molar-refractivity contribution in [1.82, 2.24) is 4.98 Å². The quantitative estimate of drug-likeness (QED) is 0.821. The molecule has 0 unspecified atom stereocenters. The van der Waals surface area contributed by atoms with Crippen molar-refractivity contribution in [3.63, 3.8) is 0 Å². The van der Waals surface area contributed by atoms with Gasteiger partial charge in [-0.15, -0.1) is 0 Å². The standard InChI is InChI=1S/C14H15NO2/c1-2-17-14(16)10-5-6-12-11(7-10)8-13(15-12)9-3-4-9/h5-9,15H,2-4H2,1H3. The Morgan fingerprint density at radius 3 is 2.94 bits per heavy atom. The molecule has 1 N–H and O–H groups in total. The highest BCUT2D eigenvalue weighted by Crippen LogP contribution is 2.40. The molecule has 0 spiro atoms. The van der Waals surface area contributed by atoms with Gasteiger partial charge in [0, 0.05) is 16.6 Å². The number of nitrogens with one attached hydrogen (secondary N) is 1. The number of carbonyl (C=O) groups is 1. The smallest absolute Gasteiger partial charge is 0.338 e. The first-order chi connectivity index (χ1) is 8.28. The summed E-state index contributed by atoms with van der Waals surface area (Å²) in [5, 5.41) is 1.09. The average molecular weight is 229 g/mol. The first-order valence-electron chi connectivity index (χ1n) is 6.07. The predicted molar refractivity (Wildman–Crippen MR) is 66.2 cm³/mol. The van der Waals surface area contributed by atoms with Gasteiger partial charge in [0.1, 0.15) is 0 Å². The summed E-state index contributed by atoms with van der Waals surface area (Å²) in [6, 6.07) is 7.81. The number of H-pyrrole nitrogens is 1. The molecule has 0 aliphatic heterocycles. The predicted octanol–water partition coefficient (Wildman–Crippen LogP) is 3.22. The van der Waals surface area contributed by atoms with E-state index in [4.69, 9.17) is 4.74 Å². The fraction of sp³-hybridized carbons (Fsp3) is 0.357. The Morgan fingerprint density at radius 2 is 2.24 bits per heavy atom. The van der Waals surface area contributed by atoms with E-state index in [9.17, 15) is 4.79 Å². The summed E-state index contributed by atoms with van der Waals surface area (Å²) < 4.78 is 4.99. The zero-order chi connectivity index (χ0) is 11.8. The first-order valence-corrected chi connectivity index (χ1v) is 6.07. The molecule has 0 radical (unpaired) electrons. The van der Waals surface area contributed by atoms with Crippen molar-refractivity contribution in [2.75, 3.05) is 6.61 Å². The third-order valence-electron chi connectivity index (χ3n) is 3.17. The van der Waals surface area contributed by atoms with E-state index in [0.717, 1.165) is 10.9 Å². The van der Waals surface area contributed by atoms with E-state index in [0.29, 0.717) is 18.1 Å². The number of rotatable bonds is 3. The van der Waals surface area contributed by atoms with Crippen LogP contribution in [0.2, 0.25) is 0 Å². The molecule has 0 atom stereocenters. The Kier molecular flexibility index (Phi) is 2.39. The molecular formula is C14H15NO2. The fourth-order valence-corrected chi connectivity index (χ4v) is 2.11. The molecule has 1 heterocycles. The largest absolute Gasteiger partial charge is 0.462 e. The number of hydrogen-bond acceptors (Lipinski definition) is 2. The van der Waals surface area contributed by atoms with Crippen LogP contribution in [0.5, 0.6) is 0 Å². The number of ether oxygens (including phenoxy) is 1. The monoisotopic (exact) mass is 229 g/mol. The zero-order valence-corrected chi connectivity index (χ0v) is 9.82. The van der Waals surface area contributed by atoms with Gasteiger partial charge in [-0.25, -0.2) is 4.79 Å². The number of carbonyl (C=O) groups excluding carboxylic acids is 1. The Labute approximate surface area is 99.8 Å². The summed E-state index contributed by atoms with van der Waals surface area (Å²) in [5.41, 5.74) is 3.02. The summed E-state index contributed by atoms with van der Waals surface area (Å²) in [7, 11) is 0. The van der Waals surface area contributed by atoms with Crippen molar-refractivity contribution >= 4 is 16.9 Å². The SMILES string of the molecule is CCOC(=O)c1ccc2[nH]c(C3CC3)cc2c1. The second-order valence-electron chi connectivity index (χ2n) is 4.52. The third kappa shape index (κ3) is 1.93. The van der Waals surface area contributed by atoms with Crippen LogP contribution in [0, 0.1) is 0 Å². The Balaban J connectivity index is 1.97. The molecule has 1 aliphatic carbocycles. The highest BCUT2D eigenvalue weighted by atomic mass is 16.5. The van der Waals surface area contributed by atoms with Crippen LogP contribution in [0.15, 0.2) is 24.3 Å². The zero-order valence-electron chi connectivity index (χ0n) is 9.82. The van der Waals surface area contributed by atoms with Crippen molar-refractivity contribution in [2.24, 2.45) is 0 Å². The molecule has 1 fully saturated rings. The Bertz CT molecular complexity index is 567. The van der Waals surface area contributed by atoms with Crippen LogP contribution in [0.1, 0.15) is 41.7 Å².